The highest BCUT2D eigenvalue weighted by atomic mass is 16.5. The third-order valence-electron chi connectivity index (χ3n) is 3.85. The van der Waals surface area contributed by atoms with Crippen molar-refractivity contribution in [2.24, 2.45) is 5.92 Å². The molecule has 0 saturated carbocycles. The second-order valence-corrected chi connectivity index (χ2v) is 5.43. The zero-order valence-corrected chi connectivity index (χ0v) is 13.4. The zero-order valence-electron chi connectivity index (χ0n) is 13.4. The van der Waals surface area contributed by atoms with Gasteiger partial charge in [-0.15, -0.1) is 0 Å². The maximum atomic E-state index is 11.7. The Morgan fingerprint density at radius 1 is 1.17 bits per heavy atom. The summed E-state index contributed by atoms with van der Waals surface area (Å²) < 4.78 is 10.8. The third-order valence-corrected chi connectivity index (χ3v) is 3.85. The number of hydrogen-bond acceptors (Lipinski definition) is 4. The van der Waals surface area contributed by atoms with E-state index in [-0.39, 0.29) is 13.0 Å². The molecule has 2 aromatic carbocycles. The zero-order chi connectivity index (χ0) is 16.9. The van der Waals surface area contributed by atoms with Crippen LogP contribution in [0, 0.1) is 17.2 Å². The van der Waals surface area contributed by atoms with E-state index in [1.165, 1.54) is 0 Å². The molecule has 0 unspecified atom stereocenters. The Hall–Kier alpha value is -3.06. The summed E-state index contributed by atoms with van der Waals surface area (Å²) >= 11 is 0. The molecule has 0 fully saturated rings. The largest absolute Gasteiger partial charge is 0.465 e. The molecule has 1 aromatic heterocycles. The molecule has 0 spiro atoms. The first-order valence-corrected chi connectivity index (χ1v) is 7.86. The lowest BCUT2D eigenvalue weighted by Gasteiger charge is -2.06. The normalized spacial score (nSPS) is 11.8. The van der Waals surface area contributed by atoms with Gasteiger partial charge in [0.05, 0.1) is 12.7 Å². The molecule has 1 heterocycles. The van der Waals surface area contributed by atoms with Crippen LogP contribution >= 0.6 is 0 Å². The molecule has 0 bridgehead atoms. The van der Waals surface area contributed by atoms with Gasteiger partial charge in [0.2, 0.25) is 0 Å². The molecule has 24 heavy (non-hydrogen) atoms. The van der Waals surface area contributed by atoms with Crippen LogP contribution in [0.5, 0.6) is 0 Å². The number of benzene rings is 2. The van der Waals surface area contributed by atoms with Crippen molar-refractivity contribution in [1.82, 2.24) is 0 Å². The van der Waals surface area contributed by atoms with E-state index in [2.05, 4.69) is 12.1 Å². The Labute approximate surface area is 140 Å². The first-order valence-electron chi connectivity index (χ1n) is 7.86. The molecule has 1 atom stereocenters. The fourth-order valence-corrected chi connectivity index (χ4v) is 2.70. The molecule has 3 aromatic rings. The monoisotopic (exact) mass is 319 g/mol. The summed E-state index contributed by atoms with van der Waals surface area (Å²) in [6.45, 7) is 1.98. The lowest BCUT2D eigenvalue weighted by Crippen LogP contribution is -2.18. The van der Waals surface area contributed by atoms with E-state index >= 15 is 0 Å². The number of rotatable bonds is 5. The van der Waals surface area contributed by atoms with Gasteiger partial charge in [-0.1, -0.05) is 42.5 Å². The summed E-state index contributed by atoms with van der Waals surface area (Å²) in [6.07, 6.45) is 0.208. The lowest BCUT2D eigenvalue weighted by atomic mass is 10.0. The standard InChI is InChI=1S/C20H17NO3/c1-2-23-20(22)15(13-21)12-16-10-11-19(24-16)18-9-5-7-14-6-3-4-8-17(14)18/h3-11,15H,2,12H2,1H3/t15-/m1/s1. The molecule has 4 heteroatoms. The number of nitriles is 1. The average molecular weight is 319 g/mol. The molecular weight excluding hydrogens is 302 g/mol. The van der Waals surface area contributed by atoms with Gasteiger partial charge in [0.15, 0.2) is 5.92 Å². The summed E-state index contributed by atoms with van der Waals surface area (Å²) in [4.78, 5) is 11.7. The number of fused-ring (bicyclic) bond motifs is 1. The van der Waals surface area contributed by atoms with Crippen molar-refractivity contribution in [2.75, 3.05) is 6.61 Å². The Kier molecular flexibility index (Phi) is 4.62. The number of esters is 1. The van der Waals surface area contributed by atoms with E-state index < -0.39 is 11.9 Å². The minimum absolute atomic E-state index is 0.208. The van der Waals surface area contributed by atoms with E-state index in [0.717, 1.165) is 22.1 Å². The summed E-state index contributed by atoms with van der Waals surface area (Å²) in [7, 11) is 0. The van der Waals surface area contributed by atoms with Gasteiger partial charge in [-0.05, 0) is 29.8 Å². The molecule has 0 aliphatic carbocycles. The highest BCUT2D eigenvalue weighted by Gasteiger charge is 2.21. The fourth-order valence-electron chi connectivity index (χ4n) is 2.70. The van der Waals surface area contributed by atoms with Crippen molar-refractivity contribution in [1.29, 1.82) is 5.26 Å². The van der Waals surface area contributed by atoms with Crippen LogP contribution in [0.15, 0.2) is 59.0 Å². The minimum atomic E-state index is -0.850. The SMILES string of the molecule is CCOC(=O)[C@@H](C#N)Cc1ccc(-c2cccc3ccccc23)o1. The summed E-state index contributed by atoms with van der Waals surface area (Å²) in [5.41, 5.74) is 0.990. The van der Waals surface area contributed by atoms with Gasteiger partial charge < -0.3 is 9.15 Å². The maximum absolute atomic E-state index is 11.7. The van der Waals surface area contributed by atoms with Crippen LogP contribution in [0.1, 0.15) is 12.7 Å². The lowest BCUT2D eigenvalue weighted by molar-refractivity contribution is -0.146. The Morgan fingerprint density at radius 3 is 2.75 bits per heavy atom. The highest BCUT2D eigenvalue weighted by Crippen LogP contribution is 2.30. The second-order valence-electron chi connectivity index (χ2n) is 5.43. The van der Waals surface area contributed by atoms with Crippen molar-refractivity contribution in [3.05, 3.63) is 60.4 Å². The van der Waals surface area contributed by atoms with Gasteiger partial charge in [0.25, 0.3) is 0 Å². The molecule has 0 N–H and O–H groups in total. The number of carbonyl (C=O) groups excluding carboxylic acids is 1. The minimum Gasteiger partial charge on any atom is -0.465 e. The number of carbonyl (C=O) groups is 1. The predicted octanol–water partition coefficient (Wildman–Crippen LogP) is 4.35. The molecule has 120 valence electrons. The van der Waals surface area contributed by atoms with Gasteiger partial charge in [-0.2, -0.15) is 5.26 Å². The van der Waals surface area contributed by atoms with Crippen LogP contribution in [0.3, 0.4) is 0 Å². The molecule has 0 aliphatic rings. The van der Waals surface area contributed by atoms with Crippen molar-refractivity contribution in [2.45, 2.75) is 13.3 Å². The smallest absolute Gasteiger partial charge is 0.323 e. The second kappa shape index (κ2) is 7.01. The Bertz CT molecular complexity index is 899. The van der Waals surface area contributed by atoms with E-state index in [4.69, 9.17) is 14.4 Å². The number of hydrogen-bond donors (Lipinski definition) is 0. The number of ether oxygens (including phenoxy) is 1. The molecule has 0 amide bonds. The van der Waals surface area contributed by atoms with Crippen LogP contribution < -0.4 is 0 Å². The number of nitrogens with zero attached hydrogens (tertiary/aromatic N) is 1. The van der Waals surface area contributed by atoms with E-state index in [1.807, 2.05) is 42.5 Å². The topological polar surface area (TPSA) is 63.2 Å². The molecule has 4 nitrogen and oxygen atoms in total. The first-order chi connectivity index (χ1) is 11.7. The Balaban J connectivity index is 1.88. The molecule has 0 radical (unpaired) electrons. The van der Waals surface area contributed by atoms with E-state index in [0.29, 0.717) is 5.76 Å². The molecule has 3 rings (SSSR count). The van der Waals surface area contributed by atoms with Crippen LogP contribution in [0.2, 0.25) is 0 Å². The van der Waals surface area contributed by atoms with E-state index in [9.17, 15) is 4.79 Å². The summed E-state index contributed by atoms with van der Waals surface area (Å²) in [6, 6.07) is 19.8. The van der Waals surface area contributed by atoms with Crippen LogP contribution in [0.4, 0.5) is 0 Å². The first kappa shape index (κ1) is 15.8. The predicted molar refractivity (Wildman–Crippen MR) is 91.1 cm³/mol. The average Bonchev–Trinajstić information content (AvgIpc) is 3.07. The van der Waals surface area contributed by atoms with Gasteiger partial charge >= 0.3 is 5.97 Å². The van der Waals surface area contributed by atoms with E-state index in [1.54, 1.807) is 13.0 Å². The molecule has 0 aliphatic heterocycles. The van der Waals surface area contributed by atoms with Crippen LogP contribution in [-0.2, 0) is 16.0 Å². The Morgan fingerprint density at radius 2 is 1.96 bits per heavy atom. The van der Waals surface area contributed by atoms with Gasteiger partial charge in [0, 0.05) is 12.0 Å². The maximum Gasteiger partial charge on any atom is 0.323 e. The molecule has 0 saturated heterocycles. The fraction of sp³-hybridized carbons (Fsp3) is 0.200. The van der Waals surface area contributed by atoms with Crippen LogP contribution in [-0.4, -0.2) is 12.6 Å². The summed E-state index contributed by atoms with van der Waals surface area (Å²) in [5.74, 6) is -0.0422. The number of furan rings is 1. The van der Waals surface area contributed by atoms with Gasteiger partial charge in [-0.25, -0.2) is 0 Å². The van der Waals surface area contributed by atoms with Gasteiger partial charge in [0.1, 0.15) is 11.5 Å². The van der Waals surface area contributed by atoms with Gasteiger partial charge in [-0.3, -0.25) is 4.79 Å². The van der Waals surface area contributed by atoms with Crippen molar-refractivity contribution in [3.8, 4) is 17.4 Å². The quantitative estimate of drug-likeness (QED) is 0.656. The third kappa shape index (κ3) is 3.16. The molecular formula is C20H17NO3. The highest BCUT2D eigenvalue weighted by molar-refractivity contribution is 5.95. The van der Waals surface area contributed by atoms with Crippen molar-refractivity contribution in [3.63, 3.8) is 0 Å². The van der Waals surface area contributed by atoms with Crippen molar-refractivity contribution < 1.29 is 13.9 Å². The van der Waals surface area contributed by atoms with Crippen LogP contribution in [0.25, 0.3) is 22.1 Å². The summed E-state index contributed by atoms with van der Waals surface area (Å²) in [5, 5.41) is 11.4. The van der Waals surface area contributed by atoms with Crippen molar-refractivity contribution >= 4 is 16.7 Å².